The molecule has 2 atom stereocenters. The maximum Gasteiger partial charge on any atom is 0.0755 e. The van der Waals surface area contributed by atoms with Crippen LogP contribution in [0.1, 0.15) is 40.0 Å². The van der Waals surface area contributed by atoms with Crippen molar-refractivity contribution >= 4 is 0 Å². The fourth-order valence-corrected chi connectivity index (χ4v) is 2.12. The topological polar surface area (TPSA) is 21.3 Å². The second-order valence-electron chi connectivity index (χ2n) is 4.78. The summed E-state index contributed by atoms with van der Waals surface area (Å²) >= 11 is 0. The summed E-state index contributed by atoms with van der Waals surface area (Å²) in [6, 6.07) is 0.544. The van der Waals surface area contributed by atoms with E-state index in [1.807, 2.05) is 0 Å². The molecule has 1 saturated carbocycles. The second-order valence-corrected chi connectivity index (χ2v) is 4.78. The maximum atomic E-state index is 5.86. The zero-order valence-corrected chi connectivity index (χ0v) is 10.0. The number of likely N-dealkylation sites (N-methyl/N-ethyl adjacent to an activating group) is 1. The van der Waals surface area contributed by atoms with Crippen molar-refractivity contribution in [3.05, 3.63) is 0 Å². The number of ether oxygens (including phenoxy) is 1. The number of hydrogen-bond acceptors (Lipinski definition) is 2. The van der Waals surface area contributed by atoms with Gasteiger partial charge in [0.2, 0.25) is 0 Å². The van der Waals surface area contributed by atoms with E-state index in [0.29, 0.717) is 12.1 Å². The Hall–Kier alpha value is -0.0800. The predicted octanol–water partition coefficient (Wildman–Crippen LogP) is 2.44. The summed E-state index contributed by atoms with van der Waals surface area (Å²) in [5.74, 6) is 1.57. The summed E-state index contributed by atoms with van der Waals surface area (Å²) in [5, 5.41) is 3.41. The molecule has 2 heteroatoms. The third-order valence-corrected chi connectivity index (χ3v) is 2.94. The van der Waals surface area contributed by atoms with Crippen molar-refractivity contribution in [3.63, 3.8) is 0 Å². The third kappa shape index (κ3) is 3.58. The van der Waals surface area contributed by atoms with Crippen LogP contribution < -0.4 is 5.32 Å². The molecule has 1 aliphatic rings. The molecule has 84 valence electrons. The van der Waals surface area contributed by atoms with Crippen molar-refractivity contribution in [2.45, 2.75) is 52.2 Å². The Kier molecular flexibility index (Phi) is 4.90. The quantitative estimate of drug-likeness (QED) is 0.680. The van der Waals surface area contributed by atoms with Gasteiger partial charge in [-0.1, -0.05) is 13.8 Å². The highest BCUT2D eigenvalue weighted by Gasteiger charge is 2.36. The van der Waals surface area contributed by atoms with Crippen LogP contribution in [-0.4, -0.2) is 25.8 Å². The molecule has 2 unspecified atom stereocenters. The Morgan fingerprint density at radius 3 is 2.36 bits per heavy atom. The van der Waals surface area contributed by atoms with Crippen molar-refractivity contribution in [2.24, 2.45) is 11.8 Å². The lowest BCUT2D eigenvalue weighted by molar-refractivity contribution is 0.0159. The van der Waals surface area contributed by atoms with Crippen LogP contribution in [0.15, 0.2) is 0 Å². The van der Waals surface area contributed by atoms with E-state index in [1.54, 1.807) is 0 Å². The van der Waals surface area contributed by atoms with E-state index in [-0.39, 0.29) is 0 Å². The van der Waals surface area contributed by atoms with E-state index in [1.165, 1.54) is 19.3 Å². The first-order valence-corrected chi connectivity index (χ1v) is 5.97. The minimum absolute atomic E-state index is 0.451. The molecule has 0 aromatic rings. The molecule has 0 saturated heterocycles. The first-order chi connectivity index (χ1) is 6.69. The third-order valence-electron chi connectivity index (χ3n) is 2.94. The lowest BCUT2D eigenvalue weighted by atomic mass is 9.96. The van der Waals surface area contributed by atoms with Gasteiger partial charge in [-0.15, -0.1) is 0 Å². The summed E-state index contributed by atoms with van der Waals surface area (Å²) in [6.45, 7) is 7.50. The number of hydrogen-bond donors (Lipinski definition) is 1. The summed E-state index contributed by atoms with van der Waals surface area (Å²) in [7, 11) is 2.06. The Morgan fingerprint density at radius 2 is 2.00 bits per heavy atom. The first-order valence-electron chi connectivity index (χ1n) is 5.97. The summed E-state index contributed by atoms with van der Waals surface area (Å²) in [5.41, 5.74) is 0. The molecule has 0 aliphatic heterocycles. The van der Waals surface area contributed by atoms with E-state index in [2.05, 4.69) is 33.1 Å². The molecular formula is C12H25NO. The molecule has 1 N–H and O–H groups in total. The highest BCUT2D eigenvalue weighted by molar-refractivity contribution is 4.90. The van der Waals surface area contributed by atoms with Crippen molar-refractivity contribution in [1.29, 1.82) is 0 Å². The SMILES string of the molecule is CCOC(C1CC1)C(CC(C)C)NC. The van der Waals surface area contributed by atoms with E-state index in [4.69, 9.17) is 4.74 Å². The molecule has 0 amide bonds. The van der Waals surface area contributed by atoms with Crippen LogP contribution >= 0.6 is 0 Å². The van der Waals surface area contributed by atoms with Crippen molar-refractivity contribution < 1.29 is 4.74 Å². The van der Waals surface area contributed by atoms with Crippen LogP contribution in [-0.2, 0) is 4.74 Å². The monoisotopic (exact) mass is 199 g/mol. The van der Waals surface area contributed by atoms with Crippen molar-refractivity contribution in [1.82, 2.24) is 5.32 Å². The minimum atomic E-state index is 0.451. The second kappa shape index (κ2) is 5.72. The van der Waals surface area contributed by atoms with Crippen LogP contribution in [0.25, 0.3) is 0 Å². The number of rotatable bonds is 7. The fraction of sp³-hybridized carbons (Fsp3) is 1.00. The largest absolute Gasteiger partial charge is 0.377 e. The summed E-state index contributed by atoms with van der Waals surface area (Å²) in [4.78, 5) is 0. The van der Waals surface area contributed by atoms with Gasteiger partial charge in [-0.3, -0.25) is 0 Å². The molecule has 0 heterocycles. The van der Waals surface area contributed by atoms with E-state index in [0.717, 1.165) is 18.4 Å². The molecule has 1 aliphatic carbocycles. The molecule has 1 rings (SSSR count). The summed E-state index contributed by atoms with van der Waals surface area (Å²) in [6.07, 6.45) is 4.40. The van der Waals surface area contributed by atoms with E-state index in [9.17, 15) is 0 Å². The standard InChI is InChI=1S/C12H25NO/c1-5-14-12(10-6-7-10)11(13-4)8-9(2)3/h9-13H,5-8H2,1-4H3. The Morgan fingerprint density at radius 1 is 1.36 bits per heavy atom. The van der Waals surface area contributed by atoms with Gasteiger partial charge >= 0.3 is 0 Å². The molecule has 0 aromatic carbocycles. The highest BCUT2D eigenvalue weighted by Crippen LogP contribution is 2.36. The van der Waals surface area contributed by atoms with Crippen LogP contribution in [0.5, 0.6) is 0 Å². The molecule has 0 spiro atoms. The Balaban J connectivity index is 2.44. The normalized spacial score (nSPS) is 21.2. The van der Waals surface area contributed by atoms with Gasteiger partial charge in [-0.2, -0.15) is 0 Å². The predicted molar refractivity (Wildman–Crippen MR) is 60.4 cm³/mol. The van der Waals surface area contributed by atoms with Crippen molar-refractivity contribution in [3.8, 4) is 0 Å². The molecular weight excluding hydrogens is 174 g/mol. The molecule has 0 radical (unpaired) electrons. The lowest BCUT2D eigenvalue weighted by Crippen LogP contribution is -2.41. The highest BCUT2D eigenvalue weighted by atomic mass is 16.5. The van der Waals surface area contributed by atoms with Gasteiger partial charge in [-0.25, -0.2) is 0 Å². The molecule has 2 nitrogen and oxygen atoms in total. The number of nitrogens with one attached hydrogen (secondary N) is 1. The summed E-state index contributed by atoms with van der Waals surface area (Å²) < 4.78 is 5.86. The molecule has 14 heavy (non-hydrogen) atoms. The Labute approximate surface area is 88.4 Å². The van der Waals surface area contributed by atoms with Crippen LogP contribution in [0.3, 0.4) is 0 Å². The van der Waals surface area contributed by atoms with Gasteiger partial charge in [0.05, 0.1) is 6.10 Å². The smallest absolute Gasteiger partial charge is 0.0755 e. The van der Waals surface area contributed by atoms with Crippen LogP contribution in [0.4, 0.5) is 0 Å². The Bertz CT molecular complexity index is 154. The van der Waals surface area contributed by atoms with Crippen molar-refractivity contribution in [2.75, 3.05) is 13.7 Å². The average Bonchev–Trinajstić information content (AvgIpc) is 2.93. The minimum Gasteiger partial charge on any atom is -0.377 e. The van der Waals surface area contributed by atoms with Gasteiger partial charge in [0.15, 0.2) is 0 Å². The van der Waals surface area contributed by atoms with Gasteiger partial charge in [0, 0.05) is 12.6 Å². The molecule has 1 fully saturated rings. The van der Waals surface area contributed by atoms with Gasteiger partial charge in [0.25, 0.3) is 0 Å². The fourth-order valence-electron chi connectivity index (χ4n) is 2.12. The van der Waals surface area contributed by atoms with Gasteiger partial charge in [0.1, 0.15) is 0 Å². The van der Waals surface area contributed by atoms with Gasteiger partial charge in [-0.05, 0) is 45.1 Å². The average molecular weight is 199 g/mol. The van der Waals surface area contributed by atoms with Crippen LogP contribution in [0.2, 0.25) is 0 Å². The molecule has 0 aromatic heterocycles. The van der Waals surface area contributed by atoms with Crippen LogP contribution in [0, 0.1) is 11.8 Å². The molecule has 0 bridgehead atoms. The maximum absolute atomic E-state index is 5.86. The van der Waals surface area contributed by atoms with E-state index < -0.39 is 0 Å². The lowest BCUT2D eigenvalue weighted by Gasteiger charge is -2.28. The van der Waals surface area contributed by atoms with E-state index >= 15 is 0 Å². The van der Waals surface area contributed by atoms with Gasteiger partial charge < -0.3 is 10.1 Å². The zero-order chi connectivity index (χ0) is 10.6. The zero-order valence-electron chi connectivity index (χ0n) is 10.0. The first kappa shape index (κ1) is 12.0.